The third-order valence-electron chi connectivity index (χ3n) is 4.31. The summed E-state index contributed by atoms with van der Waals surface area (Å²) in [7, 11) is 0. The van der Waals surface area contributed by atoms with Gasteiger partial charge in [0.05, 0.1) is 18.8 Å². The number of hydrogen-bond donors (Lipinski definition) is 2. The van der Waals surface area contributed by atoms with E-state index in [1.54, 1.807) is 6.92 Å². The Labute approximate surface area is 142 Å². The fourth-order valence-electron chi connectivity index (χ4n) is 3.00. The van der Waals surface area contributed by atoms with Crippen molar-refractivity contribution in [3.8, 4) is 0 Å². The summed E-state index contributed by atoms with van der Waals surface area (Å²) < 4.78 is 5.31. The molecule has 1 atom stereocenters. The molecule has 5 heteroatoms. The summed E-state index contributed by atoms with van der Waals surface area (Å²) in [6.07, 6.45) is 0. The van der Waals surface area contributed by atoms with Gasteiger partial charge in [-0.15, -0.1) is 0 Å². The monoisotopic (exact) mass is 328 g/mol. The Balaban J connectivity index is 1.58. The van der Waals surface area contributed by atoms with Gasteiger partial charge in [0.1, 0.15) is 0 Å². The molecular formula is C19H24N2O3. The van der Waals surface area contributed by atoms with Crippen LogP contribution in [0.5, 0.6) is 0 Å². The quantitative estimate of drug-likeness (QED) is 0.876. The van der Waals surface area contributed by atoms with Gasteiger partial charge in [-0.1, -0.05) is 30.3 Å². The molecule has 1 amide bonds. The maximum Gasteiger partial charge on any atom is 0.251 e. The first kappa shape index (κ1) is 16.9. The lowest BCUT2D eigenvalue weighted by Crippen LogP contribution is -2.51. The van der Waals surface area contributed by atoms with E-state index < -0.39 is 5.60 Å². The van der Waals surface area contributed by atoms with Gasteiger partial charge in [-0.25, -0.2) is 0 Å². The summed E-state index contributed by atoms with van der Waals surface area (Å²) in [5, 5.41) is 15.5. The minimum Gasteiger partial charge on any atom is -0.387 e. The summed E-state index contributed by atoms with van der Waals surface area (Å²) in [5.74, 6) is -0.164. The number of rotatable bonds is 5. The van der Waals surface area contributed by atoms with Gasteiger partial charge in [-0.2, -0.15) is 0 Å². The Morgan fingerprint density at radius 3 is 2.67 bits per heavy atom. The molecule has 0 aliphatic carbocycles. The van der Waals surface area contributed by atoms with Crippen LogP contribution in [0.25, 0.3) is 10.8 Å². The number of fused-ring (bicyclic) bond motifs is 1. The maximum absolute atomic E-state index is 12.4. The van der Waals surface area contributed by atoms with Crippen LogP contribution in [0.4, 0.5) is 0 Å². The number of nitrogens with one attached hydrogen (secondary N) is 1. The Morgan fingerprint density at radius 2 is 1.92 bits per heavy atom. The van der Waals surface area contributed by atoms with E-state index in [2.05, 4.69) is 10.2 Å². The van der Waals surface area contributed by atoms with Crippen LogP contribution in [0.3, 0.4) is 0 Å². The van der Waals surface area contributed by atoms with Crippen LogP contribution in [0.15, 0.2) is 42.5 Å². The topological polar surface area (TPSA) is 61.8 Å². The van der Waals surface area contributed by atoms with Crippen LogP contribution in [0, 0.1) is 0 Å². The number of carbonyl (C=O) groups is 1. The number of β-amino-alcohol motifs (C(OH)–C–C–N with tert-alkyl or cyclic N) is 1. The molecule has 24 heavy (non-hydrogen) atoms. The first-order valence-electron chi connectivity index (χ1n) is 8.33. The Bertz CT molecular complexity index is 709. The summed E-state index contributed by atoms with van der Waals surface area (Å²) in [5.41, 5.74) is -0.361. The van der Waals surface area contributed by atoms with E-state index >= 15 is 0 Å². The highest BCUT2D eigenvalue weighted by Crippen LogP contribution is 2.16. The fraction of sp³-hybridized carbons (Fsp3) is 0.421. The highest BCUT2D eigenvalue weighted by molar-refractivity contribution is 5.98. The fourth-order valence-corrected chi connectivity index (χ4v) is 3.00. The maximum atomic E-state index is 12.4. The molecule has 1 unspecified atom stereocenters. The SMILES string of the molecule is CC(O)(CNC(=O)c1ccc2ccccc2c1)CN1CCOCC1. The minimum absolute atomic E-state index is 0.164. The lowest BCUT2D eigenvalue weighted by Gasteiger charge is -2.33. The van der Waals surface area contributed by atoms with Crippen molar-refractivity contribution in [2.45, 2.75) is 12.5 Å². The second-order valence-electron chi connectivity index (χ2n) is 6.63. The number of morpholine rings is 1. The zero-order valence-electron chi connectivity index (χ0n) is 14.0. The summed E-state index contributed by atoms with van der Waals surface area (Å²) in [6, 6.07) is 13.6. The van der Waals surface area contributed by atoms with Gasteiger partial charge < -0.3 is 15.2 Å². The third-order valence-corrected chi connectivity index (χ3v) is 4.31. The molecular weight excluding hydrogens is 304 g/mol. The van der Waals surface area contributed by atoms with E-state index in [-0.39, 0.29) is 12.5 Å². The number of carbonyl (C=O) groups excluding carboxylic acids is 1. The zero-order chi connectivity index (χ0) is 17.0. The van der Waals surface area contributed by atoms with Crippen LogP contribution >= 0.6 is 0 Å². The minimum atomic E-state index is -0.968. The third kappa shape index (κ3) is 4.32. The first-order chi connectivity index (χ1) is 11.5. The molecule has 0 bridgehead atoms. The number of nitrogens with zero attached hydrogens (tertiary/aromatic N) is 1. The van der Waals surface area contributed by atoms with Crippen molar-refractivity contribution >= 4 is 16.7 Å². The summed E-state index contributed by atoms with van der Waals surface area (Å²) >= 11 is 0. The average Bonchev–Trinajstić information content (AvgIpc) is 2.60. The van der Waals surface area contributed by atoms with Crippen molar-refractivity contribution in [2.75, 3.05) is 39.4 Å². The molecule has 3 rings (SSSR count). The van der Waals surface area contributed by atoms with Gasteiger partial charge in [0.25, 0.3) is 5.91 Å². The molecule has 1 aliphatic rings. The molecule has 1 fully saturated rings. The van der Waals surface area contributed by atoms with Gasteiger partial charge in [0, 0.05) is 31.7 Å². The van der Waals surface area contributed by atoms with E-state index in [4.69, 9.17) is 4.74 Å². The van der Waals surface area contributed by atoms with Gasteiger partial charge in [-0.05, 0) is 29.8 Å². The Hall–Kier alpha value is -1.95. The van der Waals surface area contributed by atoms with E-state index in [0.717, 1.165) is 23.9 Å². The van der Waals surface area contributed by atoms with E-state index in [0.29, 0.717) is 25.3 Å². The zero-order valence-corrected chi connectivity index (χ0v) is 14.0. The predicted molar refractivity (Wildman–Crippen MR) is 94.2 cm³/mol. The van der Waals surface area contributed by atoms with Crippen LogP contribution in [-0.2, 0) is 4.74 Å². The normalized spacial score (nSPS) is 18.2. The molecule has 5 nitrogen and oxygen atoms in total. The summed E-state index contributed by atoms with van der Waals surface area (Å²) in [6.45, 7) is 5.51. The molecule has 0 saturated carbocycles. The van der Waals surface area contributed by atoms with Gasteiger partial charge in [-0.3, -0.25) is 9.69 Å². The molecule has 1 aliphatic heterocycles. The van der Waals surface area contributed by atoms with Crippen molar-refractivity contribution < 1.29 is 14.6 Å². The number of ether oxygens (including phenoxy) is 1. The highest BCUT2D eigenvalue weighted by atomic mass is 16.5. The van der Waals surface area contributed by atoms with Crippen molar-refractivity contribution in [1.29, 1.82) is 0 Å². The van der Waals surface area contributed by atoms with Crippen molar-refractivity contribution in [1.82, 2.24) is 10.2 Å². The van der Waals surface area contributed by atoms with Crippen molar-refractivity contribution in [3.05, 3.63) is 48.0 Å². The van der Waals surface area contributed by atoms with E-state index in [1.165, 1.54) is 0 Å². The van der Waals surface area contributed by atoms with Crippen LogP contribution in [-0.4, -0.2) is 60.9 Å². The number of benzene rings is 2. The molecule has 0 aromatic heterocycles. The van der Waals surface area contributed by atoms with Crippen LogP contribution in [0.2, 0.25) is 0 Å². The lowest BCUT2D eigenvalue weighted by atomic mass is 10.0. The number of hydrogen-bond acceptors (Lipinski definition) is 4. The van der Waals surface area contributed by atoms with Crippen molar-refractivity contribution in [3.63, 3.8) is 0 Å². The molecule has 1 saturated heterocycles. The highest BCUT2D eigenvalue weighted by Gasteiger charge is 2.26. The standard InChI is InChI=1S/C19H24N2O3/c1-19(23,14-21-8-10-24-11-9-21)13-20-18(22)17-7-6-15-4-2-3-5-16(15)12-17/h2-7,12,23H,8-11,13-14H2,1H3,(H,20,22). The molecule has 0 spiro atoms. The van der Waals surface area contributed by atoms with Crippen LogP contribution < -0.4 is 5.32 Å². The molecule has 128 valence electrons. The number of amides is 1. The molecule has 2 aromatic rings. The second-order valence-corrected chi connectivity index (χ2v) is 6.63. The van der Waals surface area contributed by atoms with E-state index in [1.807, 2.05) is 42.5 Å². The number of aliphatic hydroxyl groups is 1. The van der Waals surface area contributed by atoms with Gasteiger partial charge in [0.2, 0.25) is 0 Å². The lowest BCUT2D eigenvalue weighted by molar-refractivity contribution is -0.0213. The molecule has 1 heterocycles. The Kier molecular flexibility index (Phi) is 5.14. The Morgan fingerprint density at radius 1 is 1.21 bits per heavy atom. The second kappa shape index (κ2) is 7.30. The smallest absolute Gasteiger partial charge is 0.251 e. The van der Waals surface area contributed by atoms with Gasteiger partial charge >= 0.3 is 0 Å². The summed E-state index contributed by atoms with van der Waals surface area (Å²) in [4.78, 5) is 14.5. The van der Waals surface area contributed by atoms with Crippen molar-refractivity contribution in [2.24, 2.45) is 0 Å². The molecule has 0 radical (unpaired) electrons. The predicted octanol–water partition coefficient (Wildman–Crippen LogP) is 1.65. The first-order valence-corrected chi connectivity index (χ1v) is 8.33. The average molecular weight is 328 g/mol. The van der Waals surface area contributed by atoms with Gasteiger partial charge in [0.15, 0.2) is 0 Å². The van der Waals surface area contributed by atoms with Crippen LogP contribution in [0.1, 0.15) is 17.3 Å². The molecule has 2 aromatic carbocycles. The van der Waals surface area contributed by atoms with E-state index in [9.17, 15) is 9.90 Å². The largest absolute Gasteiger partial charge is 0.387 e. The molecule has 2 N–H and O–H groups in total.